The molecule has 3 rings (SSSR count). The molecule has 0 radical (unpaired) electrons. The molecule has 1 amide bonds. The lowest BCUT2D eigenvalue weighted by molar-refractivity contribution is -0.141. The molecule has 1 aromatic carbocycles. The monoisotopic (exact) mass is 319 g/mol. The first-order valence-corrected chi connectivity index (χ1v) is 7.98. The van der Waals surface area contributed by atoms with Crippen LogP contribution in [0.1, 0.15) is 21.7 Å². The highest BCUT2D eigenvalue weighted by Gasteiger charge is 2.28. The fourth-order valence-electron chi connectivity index (χ4n) is 2.74. The number of carboxylic acid groups (broad SMARTS) is 1. The maximum atomic E-state index is 12.8. The third-order valence-electron chi connectivity index (χ3n) is 3.87. The molecule has 1 aromatic heterocycles. The van der Waals surface area contributed by atoms with Gasteiger partial charge in [0.15, 0.2) is 0 Å². The Labute approximate surface area is 132 Å². The quantitative estimate of drug-likeness (QED) is 0.944. The molecule has 2 heterocycles. The van der Waals surface area contributed by atoms with E-state index in [1.165, 1.54) is 11.3 Å². The molecule has 0 aliphatic carbocycles. The topological polar surface area (TPSA) is 66.8 Å². The standard InChI is InChI=1S/C16H17NO4S/c1-10-12-4-2-3-5-13(12)22-15(10)16(20)17-6-7-21-11(9-17)8-14(18)19/h2-5,11H,6-9H2,1H3,(H,18,19)/t11-/m0/s1. The second-order valence-electron chi connectivity index (χ2n) is 5.39. The highest BCUT2D eigenvalue weighted by Crippen LogP contribution is 2.31. The normalized spacial score (nSPS) is 18.6. The molecule has 1 fully saturated rings. The predicted octanol–water partition coefficient (Wildman–Crippen LogP) is 2.53. The summed E-state index contributed by atoms with van der Waals surface area (Å²) < 4.78 is 6.52. The maximum Gasteiger partial charge on any atom is 0.306 e. The molecule has 1 aliphatic heterocycles. The summed E-state index contributed by atoms with van der Waals surface area (Å²) in [5.41, 5.74) is 0.992. The van der Waals surface area contributed by atoms with Crippen LogP contribution >= 0.6 is 11.3 Å². The number of benzene rings is 1. The van der Waals surface area contributed by atoms with E-state index in [1.807, 2.05) is 31.2 Å². The molecule has 0 unspecified atom stereocenters. The van der Waals surface area contributed by atoms with Gasteiger partial charge in [0.2, 0.25) is 0 Å². The van der Waals surface area contributed by atoms with E-state index < -0.39 is 12.1 Å². The molecule has 22 heavy (non-hydrogen) atoms. The zero-order valence-corrected chi connectivity index (χ0v) is 13.1. The summed E-state index contributed by atoms with van der Waals surface area (Å²) in [6.45, 7) is 3.18. The Bertz CT molecular complexity index is 724. The molecule has 0 saturated carbocycles. The van der Waals surface area contributed by atoms with E-state index in [2.05, 4.69) is 0 Å². The average Bonchev–Trinajstić information content (AvgIpc) is 2.84. The number of carboxylic acids is 1. The summed E-state index contributed by atoms with van der Waals surface area (Å²) in [6, 6.07) is 7.96. The van der Waals surface area contributed by atoms with Crippen LogP contribution in [0.5, 0.6) is 0 Å². The Kier molecular flexibility index (Phi) is 4.13. The van der Waals surface area contributed by atoms with Gasteiger partial charge in [-0.05, 0) is 23.9 Å². The minimum absolute atomic E-state index is 0.0302. The molecule has 0 spiro atoms. The largest absolute Gasteiger partial charge is 0.481 e. The summed E-state index contributed by atoms with van der Waals surface area (Å²) in [5, 5.41) is 9.97. The van der Waals surface area contributed by atoms with Crippen LogP contribution in [0, 0.1) is 6.92 Å². The van der Waals surface area contributed by atoms with Gasteiger partial charge in [-0.2, -0.15) is 0 Å². The van der Waals surface area contributed by atoms with E-state index in [-0.39, 0.29) is 12.3 Å². The van der Waals surface area contributed by atoms with Crippen LogP contribution in [-0.4, -0.2) is 47.7 Å². The van der Waals surface area contributed by atoms with Crippen molar-refractivity contribution in [3.8, 4) is 0 Å². The number of amides is 1. The fourth-order valence-corrected chi connectivity index (χ4v) is 3.92. The van der Waals surface area contributed by atoms with E-state index in [0.717, 1.165) is 20.5 Å². The van der Waals surface area contributed by atoms with Gasteiger partial charge in [0.05, 0.1) is 24.0 Å². The van der Waals surface area contributed by atoms with Crippen molar-refractivity contribution in [1.29, 1.82) is 0 Å². The lowest BCUT2D eigenvalue weighted by atomic mass is 10.1. The molecular weight excluding hydrogens is 302 g/mol. The van der Waals surface area contributed by atoms with Gasteiger partial charge >= 0.3 is 5.97 Å². The number of thiophene rings is 1. The van der Waals surface area contributed by atoms with Gasteiger partial charge in [-0.15, -0.1) is 11.3 Å². The zero-order chi connectivity index (χ0) is 15.7. The average molecular weight is 319 g/mol. The number of rotatable bonds is 3. The first-order chi connectivity index (χ1) is 10.6. The van der Waals surface area contributed by atoms with Crippen molar-refractivity contribution in [1.82, 2.24) is 4.90 Å². The number of aryl methyl sites for hydroxylation is 1. The number of ether oxygens (including phenoxy) is 1. The van der Waals surface area contributed by atoms with Gasteiger partial charge in [-0.1, -0.05) is 18.2 Å². The van der Waals surface area contributed by atoms with Crippen LogP contribution in [0.25, 0.3) is 10.1 Å². The van der Waals surface area contributed by atoms with E-state index in [4.69, 9.17) is 9.84 Å². The third kappa shape index (κ3) is 2.84. The Morgan fingerprint density at radius 1 is 1.41 bits per heavy atom. The summed E-state index contributed by atoms with van der Waals surface area (Å²) in [5.74, 6) is -0.935. The number of nitrogens with zero attached hydrogens (tertiary/aromatic N) is 1. The SMILES string of the molecule is Cc1c(C(=O)N2CCO[C@@H](CC(=O)O)C2)sc2ccccc12. The van der Waals surface area contributed by atoms with Crippen LogP contribution in [0.2, 0.25) is 0 Å². The Morgan fingerprint density at radius 2 is 2.18 bits per heavy atom. The van der Waals surface area contributed by atoms with Crippen LogP contribution in [0.15, 0.2) is 24.3 Å². The zero-order valence-electron chi connectivity index (χ0n) is 12.2. The molecule has 0 bridgehead atoms. The van der Waals surface area contributed by atoms with Crippen molar-refractivity contribution < 1.29 is 19.4 Å². The number of fused-ring (bicyclic) bond motifs is 1. The predicted molar refractivity (Wildman–Crippen MR) is 84.5 cm³/mol. The number of hydrogen-bond acceptors (Lipinski definition) is 4. The Morgan fingerprint density at radius 3 is 2.91 bits per heavy atom. The van der Waals surface area contributed by atoms with Gasteiger partial charge in [0.25, 0.3) is 5.91 Å². The summed E-state index contributed by atoms with van der Waals surface area (Å²) >= 11 is 1.49. The van der Waals surface area contributed by atoms with Crippen LogP contribution in [0.4, 0.5) is 0 Å². The van der Waals surface area contributed by atoms with Gasteiger partial charge < -0.3 is 14.7 Å². The van der Waals surface area contributed by atoms with E-state index in [0.29, 0.717) is 19.7 Å². The van der Waals surface area contributed by atoms with Crippen molar-refractivity contribution in [2.75, 3.05) is 19.7 Å². The highest BCUT2D eigenvalue weighted by atomic mass is 32.1. The Hall–Kier alpha value is -1.92. The van der Waals surface area contributed by atoms with Crippen LogP contribution in [-0.2, 0) is 9.53 Å². The molecule has 5 nitrogen and oxygen atoms in total. The third-order valence-corrected chi connectivity index (χ3v) is 5.13. The fraction of sp³-hybridized carbons (Fsp3) is 0.375. The van der Waals surface area contributed by atoms with Gasteiger partial charge in [-0.25, -0.2) is 0 Å². The number of aliphatic carboxylic acids is 1. The van der Waals surface area contributed by atoms with Crippen molar-refractivity contribution >= 4 is 33.3 Å². The van der Waals surface area contributed by atoms with Crippen molar-refractivity contribution in [3.63, 3.8) is 0 Å². The smallest absolute Gasteiger partial charge is 0.306 e. The highest BCUT2D eigenvalue weighted by molar-refractivity contribution is 7.21. The molecular formula is C16H17NO4S. The molecule has 1 aliphatic rings. The first-order valence-electron chi connectivity index (χ1n) is 7.17. The second-order valence-corrected chi connectivity index (χ2v) is 6.45. The number of hydrogen-bond donors (Lipinski definition) is 1. The van der Waals surface area contributed by atoms with Crippen LogP contribution in [0.3, 0.4) is 0 Å². The van der Waals surface area contributed by atoms with E-state index >= 15 is 0 Å². The summed E-state index contributed by atoms with van der Waals surface area (Å²) in [6.07, 6.45) is -0.500. The molecule has 2 aromatic rings. The maximum absolute atomic E-state index is 12.8. The lowest BCUT2D eigenvalue weighted by Gasteiger charge is -2.32. The van der Waals surface area contributed by atoms with Gasteiger partial charge in [0, 0.05) is 17.8 Å². The number of carbonyl (C=O) groups is 2. The number of carbonyl (C=O) groups excluding carboxylic acids is 1. The molecule has 6 heteroatoms. The molecule has 116 valence electrons. The van der Waals surface area contributed by atoms with Crippen molar-refractivity contribution in [3.05, 3.63) is 34.7 Å². The number of morpholine rings is 1. The van der Waals surface area contributed by atoms with Crippen molar-refractivity contribution in [2.24, 2.45) is 0 Å². The van der Waals surface area contributed by atoms with E-state index in [9.17, 15) is 9.59 Å². The lowest BCUT2D eigenvalue weighted by Crippen LogP contribution is -2.46. The summed E-state index contributed by atoms with van der Waals surface area (Å²) in [7, 11) is 0. The van der Waals surface area contributed by atoms with Crippen LogP contribution < -0.4 is 0 Å². The molecule has 1 saturated heterocycles. The van der Waals surface area contributed by atoms with Gasteiger partial charge in [-0.3, -0.25) is 9.59 Å². The second kappa shape index (κ2) is 6.06. The molecule has 1 N–H and O–H groups in total. The van der Waals surface area contributed by atoms with Crippen molar-refractivity contribution in [2.45, 2.75) is 19.4 Å². The van der Waals surface area contributed by atoms with Gasteiger partial charge in [0.1, 0.15) is 0 Å². The minimum Gasteiger partial charge on any atom is -0.481 e. The minimum atomic E-state index is -0.905. The van der Waals surface area contributed by atoms with E-state index in [1.54, 1.807) is 4.90 Å². The summed E-state index contributed by atoms with van der Waals surface area (Å²) in [4.78, 5) is 26.0. The molecule has 1 atom stereocenters. The Balaban J connectivity index is 1.83. The first kappa shape index (κ1) is 15.0.